The quantitative estimate of drug-likeness (QED) is 0.119. The Morgan fingerprint density at radius 1 is 0.815 bits per heavy atom. The van der Waals surface area contributed by atoms with Crippen molar-refractivity contribution in [3.63, 3.8) is 0 Å². The highest BCUT2D eigenvalue weighted by atomic mass is 16.7. The average Bonchev–Trinajstić information content (AvgIpc) is 3.23. The van der Waals surface area contributed by atoms with Gasteiger partial charge in [0.2, 0.25) is 0 Å². The van der Waals surface area contributed by atoms with E-state index in [0.29, 0.717) is 18.6 Å². The maximum absolute atomic E-state index is 12.9. The van der Waals surface area contributed by atoms with Crippen LogP contribution in [0.4, 0.5) is 0 Å². The number of hydrogen-bond donors (Lipinski definition) is 3. The number of ether oxygens (including phenoxy) is 2. The van der Waals surface area contributed by atoms with Crippen LogP contribution in [0.1, 0.15) is 70.7 Å². The van der Waals surface area contributed by atoms with Crippen molar-refractivity contribution in [1.82, 2.24) is 20.2 Å². The summed E-state index contributed by atoms with van der Waals surface area (Å²) in [5.41, 5.74) is 8.34. The first-order valence-corrected chi connectivity index (χ1v) is 18.4. The lowest BCUT2D eigenvalue weighted by atomic mass is 9.89. The van der Waals surface area contributed by atoms with E-state index in [1.165, 1.54) is 6.20 Å². The molecule has 54 heavy (non-hydrogen) atoms. The number of aliphatic hydroxyl groups is 2. The second-order valence-corrected chi connectivity index (χ2v) is 14.1. The number of aromatic nitrogens is 2. The third-order valence-corrected chi connectivity index (χ3v) is 10.5. The molecule has 7 rings (SSSR count). The number of aliphatic hydroxyl groups excluding tert-OH is 2. The van der Waals surface area contributed by atoms with Gasteiger partial charge < -0.3 is 25.0 Å². The van der Waals surface area contributed by atoms with E-state index < -0.39 is 12.4 Å². The van der Waals surface area contributed by atoms with Crippen LogP contribution in [0.25, 0.3) is 22.2 Å². The molecule has 0 spiro atoms. The molecule has 6 atom stereocenters. The summed E-state index contributed by atoms with van der Waals surface area (Å²) < 4.78 is 13.4. The second kappa shape index (κ2) is 16.8. The lowest BCUT2D eigenvalue weighted by Crippen LogP contribution is -2.46. The largest absolute Gasteiger partial charge is 0.392 e. The predicted molar refractivity (Wildman–Crippen MR) is 209 cm³/mol. The average molecular weight is 723 g/mol. The summed E-state index contributed by atoms with van der Waals surface area (Å²) in [6, 6.07) is 41.3. The molecule has 0 saturated carbocycles. The Balaban J connectivity index is 1.06. The highest BCUT2D eigenvalue weighted by Crippen LogP contribution is 2.42. The number of benzene rings is 5. The van der Waals surface area contributed by atoms with Gasteiger partial charge in [-0.1, -0.05) is 116 Å². The molecule has 1 amide bonds. The Labute approximate surface area is 316 Å². The number of amides is 1. The minimum Gasteiger partial charge on any atom is -0.392 e. The summed E-state index contributed by atoms with van der Waals surface area (Å²) in [7, 11) is 2.02. The molecule has 1 fully saturated rings. The van der Waals surface area contributed by atoms with E-state index in [4.69, 9.17) is 9.47 Å². The number of carbonyl (C=O) groups excluding carboxylic acids is 1. The van der Waals surface area contributed by atoms with Gasteiger partial charge in [-0.25, -0.2) is 4.98 Å². The van der Waals surface area contributed by atoms with Crippen LogP contribution in [0.5, 0.6) is 0 Å². The lowest BCUT2D eigenvalue weighted by Gasteiger charge is -2.43. The standard InChI is InChI=1S/C45H46N4O5/c1-29-41(27-49(3)30(2)42(51)34-11-5-4-6-12-34)53-45(54-43(29)35-18-16-31(28-50)17-19-35)36-22-20-33(21-23-36)37-13-9-10-32(24-37)25-47-44(52)40-26-46-38-14-7-8-15-39(38)48-40/h4-24,26,29-30,41-43,45,50-51H,25,27-28H2,1-3H3,(H,47,52)/t29-,30+,41+,42+,43+,45+/m0/s1. The molecule has 9 heteroatoms. The molecule has 0 bridgehead atoms. The van der Waals surface area contributed by atoms with Gasteiger partial charge in [0.15, 0.2) is 6.29 Å². The van der Waals surface area contributed by atoms with E-state index in [2.05, 4.69) is 45.3 Å². The van der Waals surface area contributed by atoms with Gasteiger partial charge in [-0.05, 0) is 65.6 Å². The molecular weight excluding hydrogens is 677 g/mol. The van der Waals surface area contributed by atoms with Crippen molar-refractivity contribution >= 4 is 16.9 Å². The van der Waals surface area contributed by atoms with Crippen LogP contribution in [-0.2, 0) is 22.6 Å². The Hall–Kier alpha value is -5.29. The van der Waals surface area contributed by atoms with Crippen LogP contribution in [0, 0.1) is 5.92 Å². The number of carbonyl (C=O) groups is 1. The number of nitrogens with zero attached hydrogens (tertiary/aromatic N) is 3. The van der Waals surface area contributed by atoms with Crippen LogP contribution in [0.15, 0.2) is 134 Å². The van der Waals surface area contributed by atoms with Gasteiger partial charge in [-0.2, -0.15) is 0 Å². The monoisotopic (exact) mass is 722 g/mol. The fraction of sp³-hybridized carbons (Fsp3) is 0.267. The van der Waals surface area contributed by atoms with E-state index in [-0.39, 0.29) is 42.4 Å². The topological polar surface area (TPSA) is 117 Å². The Morgan fingerprint density at radius 3 is 2.26 bits per heavy atom. The number of hydrogen-bond acceptors (Lipinski definition) is 8. The van der Waals surface area contributed by atoms with Crippen LogP contribution < -0.4 is 5.32 Å². The molecule has 1 aliphatic heterocycles. The van der Waals surface area contributed by atoms with Crippen molar-refractivity contribution in [3.8, 4) is 11.1 Å². The van der Waals surface area contributed by atoms with Crippen molar-refractivity contribution in [3.05, 3.63) is 167 Å². The molecule has 9 nitrogen and oxygen atoms in total. The van der Waals surface area contributed by atoms with Crippen LogP contribution in [0.3, 0.4) is 0 Å². The highest BCUT2D eigenvalue weighted by Gasteiger charge is 2.39. The third-order valence-electron chi connectivity index (χ3n) is 10.5. The zero-order valence-electron chi connectivity index (χ0n) is 30.7. The highest BCUT2D eigenvalue weighted by molar-refractivity contribution is 5.93. The van der Waals surface area contributed by atoms with E-state index >= 15 is 0 Å². The number of likely N-dealkylation sites (N-methyl/N-ethyl adjacent to an activating group) is 1. The van der Waals surface area contributed by atoms with Gasteiger partial charge in [-0.15, -0.1) is 0 Å². The number of fused-ring (bicyclic) bond motifs is 1. The zero-order chi connectivity index (χ0) is 37.6. The van der Waals surface area contributed by atoms with E-state index in [1.54, 1.807) is 0 Å². The van der Waals surface area contributed by atoms with Gasteiger partial charge in [0.25, 0.3) is 5.91 Å². The summed E-state index contributed by atoms with van der Waals surface area (Å²) in [4.78, 5) is 23.9. The first kappa shape index (κ1) is 37.0. The predicted octanol–water partition coefficient (Wildman–Crippen LogP) is 7.56. The number of nitrogens with one attached hydrogen (secondary N) is 1. The molecule has 1 aromatic heterocycles. The Bertz CT molecular complexity index is 2160. The molecule has 1 saturated heterocycles. The molecule has 0 aliphatic carbocycles. The maximum Gasteiger partial charge on any atom is 0.271 e. The Kier molecular flexibility index (Phi) is 11.5. The van der Waals surface area contributed by atoms with Crippen LogP contribution in [-0.4, -0.2) is 56.7 Å². The molecule has 5 aromatic carbocycles. The minimum absolute atomic E-state index is 0.000490. The van der Waals surface area contributed by atoms with Crippen LogP contribution >= 0.6 is 0 Å². The van der Waals surface area contributed by atoms with Crippen molar-refractivity contribution in [2.75, 3.05) is 13.6 Å². The van der Waals surface area contributed by atoms with E-state index in [1.807, 2.05) is 123 Å². The summed E-state index contributed by atoms with van der Waals surface area (Å²) in [5.74, 6) is -0.278. The second-order valence-electron chi connectivity index (χ2n) is 14.1. The van der Waals surface area contributed by atoms with Gasteiger partial charge in [0, 0.05) is 30.6 Å². The number of rotatable bonds is 12. The normalized spacial score (nSPS) is 19.7. The lowest BCUT2D eigenvalue weighted by molar-refractivity contribution is -0.276. The van der Waals surface area contributed by atoms with Gasteiger partial charge >= 0.3 is 0 Å². The van der Waals surface area contributed by atoms with Crippen molar-refractivity contribution in [2.24, 2.45) is 5.92 Å². The summed E-state index contributed by atoms with van der Waals surface area (Å²) >= 11 is 0. The van der Waals surface area contributed by atoms with E-state index in [9.17, 15) is 15.0 Å². The molecular formula is C45H46N4O5. The first-order valence-electron chi connectivity index (χ1n) is 18.4. The Morgan fingerprint density at radius 2 is 1.52 bits per heavy atom. The van der Waals surface area contributed by atoms with Gasteiger partial charge in [-0.3, -0.25) is 14.7 Å². The maximum atomic E-state index is 12.9. The fourth-order valence-corrected chi connectivity index (χ4v) is 6.98. The van der Waals surface area contributed by atoms with Crippen molar-refractivity contribution in [1.29, 1.82) is 0 Å². The molecule has 3 N–H and O–H groups in total. The SMILES string of the molecule is C[C@H]1[C@@H](CN(C)[C@H](C)[C@@H](O)c2ccccc2)O[C@@H](c2ccc(-c3cccc(CNC(=O)c4cnc5ccccc5n4)c3)cc2)O[C@H]1c1ccc(CO)cc1. The zero-order valence-corrected chi connectivity index (χ0v) is 30.7. The van der Waals surface area contributed by atoms with Gasteiger partial charge in [0.1, 0.15) is 5.69 Å². The smallest absolute Gasteiger partial charge is 0.271 e. The van der Waals surface area contributed by atoms with Crippen molar-refractivity contribution in [2.45, 2.75) is 57.6 Å². The molecule has 1 aliphatic rings. The summed E-state index contributed by atoms with van der Waals surface area (Å²) in [6.45, 7) is 5.09. The summed E-state index contributed by atoms with van der Waals surface area (Å²) in [5, 5.41) is 23.8. The fourth-order valence-electron chi connectivity index (χ4n) is 6.98. The summed E-state index contributed by atoms with van der Waals surface area (Å²) in [6.07, 6.45) is -0.219. The molecule has 2 heterocycles. The molecule has 0 unspecified atom stereocenters. The number of para-hydroxylation sites is 2. The van der Waals surface area contributed by atoms with Crippen LogP contribution in [0.2, 0.25) is 0 Å². The van der Waals surface area contributed by atoms with Crippen molar-refractivity contribution < 1.29 is 24.5 Å². The van der Waals surface area contributed by atoms with Gasteiger partial charge in [0.05, 0.1) is 42.1 Å². The first-order chi connectivity index (χ1) is 26.3. The molecule has 276 valence electrons. The minimum atomic E-state index is -0.648. The molecule has 6 aromatic rings. The molecule has 0 radical (unpaired) electrons. The third kappa shape index (κ3) is 8.41. The van der Waals surface area contributed by atoms with E-state index in [0.717, 1.165) is 44.5 Å².